The first-order valence-electron chi connectivity index (χ1n) is 10.8. The highest BCUT2D eigenvalue weighted by Crippen LogP contribution is 2.27. The molecule has 0 aliphatic carbocycles. The number of hydrogen-bond acceptors (Lipinski definition) is 3. The van der Waals surface area contributed by atoms with Crippen LogP contribution in [0.1, 0.15) is 85.0 Å². The van der Waals surface area contributed by atoms with Gasteiger partial charge in [-0.05, 0) is 46.5 Å². The third kappa shape index (κ3) is 8.56. The summed E-state index contributed by atoms with van der Waals surface area (Å²) in [6.07, 6.45) is 12.5. The van der Waals surface area contributed by atoms with Crippen molar-refractivity contribution in [1.29, 1.82) is 0 Å². The average Bonchev–Trinajstić information content (AvgIpc) is 2.67. The maximum absolute atomic E-state index is 11.7. The van der Waals surface area contributed by atoms with Crippen molar-refractivity contribution < 1.29 is 34.2 Å². The lowest BCUT2D eigenvalue weighted by molar-refractivity contribution is -0.968. The maximum atomic E-state index is 11.7. The number of carboxylic acids is 3. The third-order valence-corrected chi connectivity index (χ3v) is 6.19. The number of rotatable bonds is 18. The summed E-state index contributed by atoms with van der Waals surface area (Å²) in [5.41, 5.74) is 0. The van der Waals surface area contributed by atoms with E-state index in [1.165, 1.54) is 46.5 Å². The number of quaternary nitrogens is 1. The van der Waals surface area contributed by atoms with Crippen LogP contribution in [0.3, 0.4) is 0 Å². The van der Waals surface area contributed by atoms with Gasteiger partial charge in [-0.25, -0.2) is 14.4 Å². The highest BCUT2D eigenvalue weighted by atomic mass is 16.4. The molecule has 0 bridgehead atoms. The number of hydrogen-bond donors (Lipinski definition) is 3. The van der Waals surface area contributed by atoms with Crippen LogP contribution in [0.4, 0.5) is 0 Å². The maximum Gasteiger partial charge on any atom is 0.362 e. The van der Waals surface area contributed by atoms with Crippen LogP contribution in [0.5, 0.6) is 0 Å². The molecule has 0 aliphatic rings. The largest absolute Gasteiger partial charge is 0.477 e. The zero-order chi connectivity index (χ0) is 22.4. The van der Waals surface area contributed by atoms with Gasteiger partial charge in [0.2, 0.25) is 0 Å². The normalized spacial score (nSPS) is 16.4. The van der Waals surface area contributed by atoms with Crippen molar-refractivity contribution in [2.24, 2.45) is 0 Å². The molecule has 0 aromatic heterocycles. The molecule has 3 atom stereocenters. The van der Waals surface area contributed by atoms with Crippen molar-refractivity contribution >= 4 is 17.9 Å². The van der Waals surface area contributed by atoms with Crippen molar-refractivity contribution in [1.82, 2.24) is 0 Å². The minimum Gasteiger partial charge on any atom is -0.477 e. The quantitative estimate of drug-likeness (QED) is 0.175. The monoisotopic (exact) mass is 414 g/mol. The van der Waals surface area contributed by atoms with E-state index in [0.29, 0.717) is 6.42 Å². The fourth-order valence-electron chi connectivity index (χ4n) is 4.12. The van der Waals surface area contributed by atoms with E-state index in [0.717, 1.165) is 32.1 Å². The Bertz CT molecular complexity index is 483. The van der Waals surface area contributed by atoms with Crippen molar-refractivity contribution in [3.05, 3.63) is 12.7 Å². The van der Waals surface area contributed by atoms with Gasteiger partial charge in [-0.2, -0.15) is 0 Å². The Hall–Kier alpha value is -1.89. The molecule has 0 rings (SSSR count). The minimum atomic E-state index is -1.18. The van der Waals surface area contributed by atoms with Gasteiger partial charge in [-0.3, -0.25) is 4.48 Å². The van der Waals surface area contributed by atoms with E-state index in [1.807, 2.05) is 6.08 Å². The van der Waals surface area contributed by atoms with Crippen LogP contribution < -0.4 is 0 Å². The molecule has 0 saturated heterocycles. The van der Waals surface area contributed by atoms with Crippen molar-refractivity contribution in [2.75, 3.05) is 6.54 Å². The van der Waals surface area contributed by atoms with E-state index in [4.69, 9.17) is 0 Å². The Labute approximate surface area is 175 Å². The highest BCUT2D eigenvalue weighted by molar-refractivity contribution is 5.77. The van der Waals surface area contributed by atoms with Crippen LogP contribution in [0, 0.1) is 0 Å². The van der Waals surface area contributed by atoms with Gasteiger partial charge >= 0.3 is 17.9 Å². The minimum absolute atomic E-state index is 0.218. The number of nitrogens with zero attached hydrogens (tertiary/aromatic N) is 1. The number of carboxylic acid groups (broad SMARTS) is 3. The zero-order valence-electron chi connectivity index (χ0n) is 18.3. The number of aliphatic carboxylic acids is 3. The van der Waals surface area contributed by atoms with Crippen LogP contribution in [-0.2, 0) is 14.4 Å². The Morgan fingerprint density at radius 3 is 1.31 bits per heavy atom. The summed E-state index contributed by atoms with van der Waals surface area (Å²) >= 11 is 0. The Balaban J connectivity index is 4.78. The average molecular weight is 415 g/mol. The van der Waals surface area contributed by atoms with Crippen LogP contribution in [0.2, 0.25) is 0 Å². The Kier molecular flexibility index (Phi) is 13.2. The summed E-state index contributed by atoms with van der Waals surface area (Å²) in [6, 6.07) is -3.37. The van der Waals surface area contributed by atoms with E-state index in [1.54, 1.807) is 0 Å². The molecule has 0 heterocycles. The molecule has 0 amide bonds. The standard InChI is InChI=1S/C22H39NO6/c1-5-6-7-8-9-10-11-12-13-14-15-16-23(17(2)20(24)25,18(3)21(26)27)19(4)22(28)29/h5,17-19H,1,6-16H2,2-4H3,(H2-,24,25,26,27,28,29)/p+1. The Morgan fingerprint density at radius 1 is 0.690 bits per heavy atom. The zero-order valence-corrected chi connectivity index (χ0v) is 18.3. The smallest absolute Gasteiger partial charge is 0.362 e. The molecule has 0 aromatic carbocycles. The molecule has 7 heteroatoms. The fourth-order valence-corrected chi connectivity index (χ4v) is 4.12. The Morgan fingerprint density at radius 2 is 1.00 bits per heavy atom. The lowest BCUT2D eigenvalue weighted by Gasteiger charge is -2.47. The molecule has 3 N–H and O–H groups in total. The van der Waals surface area contributed by atoms with Crippen molar-refractivity contribution in [3.8, 4) is 0 Å². The molecule has 29 heavy (non-hydrogen) atoms. The lowest BCUT2D eigenvalue weighted by Crippen LogP contribution is -2.70. The summed E-state index contributed by atoms with van der Waals surface area (Å²) in [6.45, 7) is 8.16. The van der Waals surface area contributed by atoms with Gasteiger partial charge in [0.15, 0.2) is 18.1 Å². The molecular formula is C22H40NO6+. The van der Waals surface area contributed by atoms with Crippen LogP contribution in [0.15, 0.2) is 12.7 Å². The van der Waals surface area contributed by atoms with Crippen LogP contribution >= 0.6 is 0 Å². The lowest BCUT2D eigenvalue weighted by atomic mass is 10.00. The molecule has 0 fully saturated rings. The molecule has 7 nitrogen and oxygen atoms in total. The van der Waals surface area contributed by atoms with Crippen molar-refractivity contribution in [2.45, 2.75) is 103 Å². The van der Waals surface area contributed by atoms with Gasteiger partial charge in [0, 0.05) is 0 Å². The topological polar surface area (TPSA) is 112 Å². The fraction of sp³-hybridized carbons (Fsp3) is 0.773. The second kappa shape index (κ2) is 14.1. The van der Waals surface area contributed by atoms with Crippen LogP contribution in [0.25, 0.3) is 0 Å². The highest BCUT2D eigenvalue weighted by Gasteiger charge is 2.52. The van der Waals surface area contributed by atoms with E-state index >= 15 is 0 Å². The van der Waals surface area contributed by atoms with E-state index < -0.39 is 40.5 Å². The predicted octanol–water partition coefficient (Wildman–Crippen LogP) is 4.31. The van der Waals surface area contributed by atoms with E-state index in [9.17, 15) is 29.7 Å². The van der Waals surface area contributed by atoms with Gasteiger partial charge < -0.3 is 15.3 Å². The van der Waals surface area contributed by atoms with E-state index in [-0.39, 0.29) is 6.54 Å². The van der Waals surface area contributed by atoms with Gasteiger partial charge in [-0.1, -0.05) is 44.6 Å². The summed E-state index contributed by atoms with van der Waals surface area (Å²) < 4.78 is -0.483. The molecule has 0 radical (unpaired) electrons. The number of unbranched alkanes of at least 4 members (excludes halogenated alkanes) is 9. The first-order chi connectivity index (χ1) is 13.6. The van der Waals surface area contributed by atoms with Gasteiger partial charge in [0.1, 0.15) is 0 Å². The predicted molar refractivity (Wildman–Crippen MR) is 113 cm³/mol. The number of allylic oxidation sites excluding steroid dienone is 1. The first-order valence-corrected chi connectivity index (χ1v) is 10.8. The molecule has 0 spiro atoms. The molecule has 3 unspecified atom stereocenters. The molecule has 0 saturated carbocycles. The second-order valence-electron chi connectivity index (χ2n) is 8.02. The summed E-state index contributed by atoms with van der Waals surface area (Å²) in [4.78, 5) is 35.1. The first kappa shape index (κ1) is 27.1. The molecule has 0 aliphatic heterocycles. The van der Waals surface area contributed by atoms with Crippen molar-refractivity contribution in [3.63, 3.8) is 0 Å². The van der Waals surface area contributed by atoms with Gasteiger partial charge in [-0.15, -0.1) is 6.58 Å². The van der Waals surface area contributed by atoms with Gasteiger partial charge in [0.25, 0.3) is 0 Å². The summed E-state index contributed by atoms with van der Waals surface area (Å²) in [5, 5.41) is 28.6. The summed E-state index contributed by atoms with van der Waals surface area (Å²) in [5.74, 6) is -3.53. The van der Waals surface area contributed by atoms with E-state index in [2.05, 4.69) is 6.58 Å². The third-order valence-electron chi connectivity index (χ3n) is 6.19. The van der Waals surface area contributed by atoms with Crippen LogP contribution in [-0.4, -0.2) is 62.4 Å². The molecule has 168 valence electrons. The second-order valence-corrected chi connectivity index (χ2v) is 8.02. The number of carbonyl (C=O) groups is 3. The summed E-state index contributed by atoms with van der Waals surface area (Å²) in [7, 11) is 0. The van der Waals surface area contributed by atoms with Gasteiger partial charge in [0.05, 0.1) is 6.54 Å². The SMILES string of the molecule is C=CCCCCCCCCCCC[N+](C(C)C(=O)O)(C(C)C(=O)O)C(C)C(=O)O. The molecular weight excluding hydrogens is 374 g/mol. The molecule has 0 aromatic rings.